The van der Waals surface area contributed by atoms with E-state index >= 15 is 0 Å². The highest BCUT2D eigenvalue weighted by atomic mass is 16.4. The Hall–Kier alpha value is -2.30. The first-order valence-electron chi connectivity index (χ1n) is 7.11. The lowest BCUT2D eigenvalue weighted by Crippen LogP contribution is -2.42. The summed E-state index contributed by atoms with van der Waals surface area (Å²) in [4.78, 5) is 26.8. The normalized spacial score (nSPS) is 11.5. The lowest BCUT2D eigenvalue weighted by molar-refractivity contribution is -0.149. The Morgan fingerprint density at radius 3 is 2.57 bits per heavy atom. The maximum atomic E-state index is 12.3. The molecule has 112 valence electrons. The van der Waals surface area contributed by atoms with Crippen LogP contribution in [0.4, 0.5) is 0 Å². The van der Waals surface area contributed by atoms with Crippen LogP contribution in [-0.4, -0.2) is 28.5 Å². The van der Waals surface area contributed by atoms with Crippen LogP contribution in [0.1, 0.15) is 37.0 Å². The van der Waals surface area contributed by atoms with Gasteiger partial charge in [0.1, 0.15) is 0 Å². The van der Waals surface area contributed by atoms with Crippen molar-refractivity contribution < 1.29 is 14.7 Å². The number of fused-ring (bicyclic) bond motifs is 1. The summed E-state index contributed by atoms with van der Waals surface area (Å²) in [7, 11) is 0. The standard InChI is InChI=1S/C16H20N2O3/c1-3-16(4-2,15(20)21)10-18-14(19)12-6-5-7-13-11(12)8-9-17-13/h5-9,17H,3-4,10H2,1-2H3,(H,18,19)(H,20,21). The predicted octanol–water partition coefficient (Wildman–Crippen LogP) is 2.79. The van der Waals surface area contributed by atoms with Gasteiger partial charge in [-0.2, -0.15) is 0 Å². The highest BCUT2D eigenvalue weighted by molar-refractivity contribution is 6.06. The molecule has 0 aliphatic rings. The minimum Gasteiger partial charge on any atom is -0.481 e. The van der Waals surface area contributed by atoms with Crippen molar-refractivity contribution in [2.75, 3.05) is 6.54 Å². The molecule has 0 saturated heterocycles. The number of carbonyl (C=O) groups is 2. The number of amides is 1. The van der Waals surface area contributed by atoms with E-state index in [1.165, 1.54) is 0 Å². The second-order valence-corrected chi connectivity index (χ2v) is 5.22. The molecule has 0 aliphatic heterocycles. The van der Waals surface area contributed by atoms with E-state index in [-0.39, 0.29) is 12.5 Å². The largest absolute Gasteiger partial charge is 0.481 e. The summed E-state index contributed by atoms with van der Waals surface area (Å²) in [5, 5.41) is 13.0. The average molecular weight is 288 g/mol. The Morgan fingerprint density at radius 1 is 1.24 bits per heavy atom. The maximum absolute atomic E-state index is 12.3. The number of benzene rings is 1. The number of aromatic nitrogens is 1. The van der Waals surface area contributed by atoms with Crippen LogP contribution in [0.2, 0.25) is 0 Å². The number of carbonyl (C=O) groups excluding carboxylic acids is 1. The third-order valence-electron chi connectivity index (χ3n) is 4.23. The number of carboxylic acids is 1. The minimum atomic E-state index is -0.901. The van der Waals surface area contributed by atoms with Gasteiger partial charge in [-0.15, -0.1) is 0 Å². The van der Waals surface area contributed by atoms with Crippen LogP contribution in [0.5, 0.6) is 0 Å². The number of nitrogens with one attached hydrogen (secondary N) is 2. The van der Waals surface area contributed by atoms with Gasteiger partial charge >= 0.3 is 5.97 Å². The van der Waals surface area contributed by atoms with Gasteiger partial charge in [-0.05, 0) is 31.0 Å². The number of H-pyrrole nitrogens is 1. The molecule has 0 atom stereocenters. The van der Waals surface area contributed by atoms with E-state index in [1.807, 2.05) is 26.0 Å². The van der Waals surface area contributed by atoms with Crippen molar-refractivity contribution in [3.05, 3.63) is 36.0 Å². The van der Waals surface area contributed by atoms with Crippen molar-refractivity contribution in [1.29, 1.82) is 0 Å². The van der Waals surface area contributed by atoms with E-state index in [9.17, 15) is 14.7 Å². The molecule has 0 bridgehead atoms. The second-order valence-electron chi connectivity index (χ2n) is 5.22. The van der Waals surface area contributed by atoms with Gasteiger partial charge in [0.15, 0.2) is 0 Å². The molecule has 0 saturated carbocycles. The van der Waals surface area contributed by atoms with Gasteiger partial charge in [0.2, 0.25) is 0 Å². The smallest absolute Gasteiger partial charge is 0.311 e. The first kappa shape index (κ1) is 15.1. The summed E-state index contributed by atoms with van der Waals surface area (Å²) in [6.45, 7) is 3.79. The Morgan fingerprint density at radius 2 is 1.95 bits per heavy atom. The number of hydrogen-bond donors (Lipinski definition) is 3. The van der Waals surface area contributed by atoms with Crippen LogP contribution in [0.25, 0.3) is 10.9 Å². The third-order valence-corrected chi connectivity index (χ3v) is 4.23. The number of aromatic amines is 1. The van der Waals surface area contributed by atoms with Crippen molar-refractivity contribution in [3.8, 4) is 0 Å². The van der Waals surface area contributed by atoms with Gasteiger partial charge in [0.25, 0.3) is 5.91 Å². The molecule has 2 aromatic rings. The molecule has 2 rings (SSSR count). The van der Waals surface area contributed by atoms with Gasteiger partial charge in [-0.25, -0.2) is 0 Å². The van der Waals surface area contributed by atoms with Gasteiger partial charge < -0.3 is 15.4 Å². The van der Waals surface area contributed by atoms with Gasteiger partial charge in [-0.3, -0.25) is 9.59 Å². The minimum absolute atomic E-state index is 0.134. The number of rotatable bonds is 6. The molecular weight excluding hydrogens is 268 g/mol. The highest BCUT2D eigenvalue weighted by Crippen LogP contribution is 2.26. The van der Waals surface area contributed by atoms with Gasteiger partial charge in [-0.1, -0.05) is 19.9 Å². The first-order valence-corrected chi connectivity index (χ1v) is 7.11. The molecule has 21 heavy (non-hydrogen) atoms. The summed E-state index contributed by atoms with van der Waals surface area (Å²) in [6.07, 6.45) is 2.74. The SMILES string of the molecule is CCC(CC)(CNC(=O)c1cccc2[nH]ccc12)C(=O)O. The van der Waals surface area contributed by atoms with E-state index < -0.39 is 11.4 Å². The first-order chi connectivity index (χ1) is 10.0. The van der Waals surface area contributed by atoms with E-state index in [2.05, 4.69) is 10.3 Å². The van der Waals surface area contributed by atoms with E-state index in [4.69, 9.17) is 0 Å². The molecule has 1 heterocycles. The molecule has 0 radical (unpaired) electrons. The van der Waals surface area contributed by atoms with Crippen molar-refractivity contribution in [2.45, 2.75) is 26.7 Å². The summed E-state index contributed by atoms with van der Waals surface area (Å²) in [5.74, 6) is -1.11. The maximum Gasteiger partial charge on any atom is 0.311 e. The van der Waals surface area contributed by atoms with Crippen molar-refractivity contribution in [1.82, 2.24) is 10.3 Å². The Kier molecular flexibility index (Phi) is 4.31. The van der Waals surface area contributed by atoms with Crippen LogP contribution < -0.4 is 5.32 Å². The molecule has 0 aliphatic carbocycles. The molecule has 3 N–H and O–H groups in total. The van der Waals surface area contributed by atoms with E-state index in [0.29, 0.717) is 18.4 Å². The fourth-order valence-corrected chi connectivity index (χ4v) is 2.51. The second kappa shape index (κ2) is 5.99. The average Bonchev–Trinajstić information content (AvgIpc) is 2.96. The van der Waals surface area contributed by atoms with Crippen LogP contribution in [-0.2, 0) is 4.79 Å². The molecule has 1 aromatic heterocycles. The molecule has 5 heteroatoms. The van der Waals surface area contributed by atoms with E-state index in [1.54, 1.807) is 18.3 Å². The molecule has 0 unspecified atom stereocenters. The number of aliphatic carboxylic acids is 1. The van der Waals surface area contributed by atoms with Crippen molar-refractivity contribution >= 4 is 22.8 Å². The monoisotopic (exact) mass is 288 g/mol. The zero-order valence-corrected chi connectivity index (χ0v) is 12.3. The molecule has 5 nitrogen and oxygen atoms in total. The quantitative estimate of drug-likeness (QED) is 0.764. The fraction of sp³-hybridized carbons (Fsp3) is 0.375. The summed E-state index contributed by atoms with van der Waals surface area (Å²) < 4.78 is 0. The highest BCUT2D eigenvalue weighted by Gasteiger charge is 2.35. The predicted molar refractivity (Wildman–Crippen MR) is 81.3 cm³/mol. The number of carboxylic acid groups (broad SMARTS) is 1. The van der Waals surface area contributed by atoms with Crippen LogP contribution >= 0.6 is 0 Å². The number of hydrogen-bond acceptors (Lipinski definition) is 2. The molecule has 1 amide bonds. The van der Waals surface area contributed by atoms with Crippen LogP contribution in [0, 0.1) is 5.41 Å². The van der Waals surface area contributed by atoms with Gasteiger partial charge in [0.05, 0.1) is 5.41 Å². The molecule has 1 aromatic carbocycles. The third kappa shape index (κ3) is 2.77. The molecular formula is C16H20N2O3. The van der Waals surface area contributed by atoms with E-state index in [0.717, 1.165) is 10.9 Å². The zero-order valence-electron chi connectivity index (χ0n) is 12.3. The van der Waals surface area contributed by atoms with Crippen molar-refractivity contribution in [2.24, 2.45) is 5.41 Å². The fourth-order valence-electron chi connectivity index (χ4n) is 2.51. The Labute approximate surface area is 123 Å². The molecule has 0 spiro atoms. The Balaban J connectivity index is 2.18. The van der Waals surface area contributed by atoms with Crippen molar-refractivity contribution in [3.63, 3.8) is 0 Å². The summed E-state index contributed by atoms with van der Waals surface area (Å²) in [5.41, 5.74) is 0.542. The van der Waals surface area contributed by atoms with Crippen LogP contribution in [0.15, 0.2) is 30.5 Å². The van der Waals surface area contributed by atoms with Crippen LogP contribution in [0.3, 0.4) is 0 Å². The summed E-state index contributed by atoms with van der Waals surface area (Å²) >= 11 is 0. The Bertz CT molecular complexity index is 656. The molecule has 0 fully saturated rings. The lowest BCUT2D eigenvalue weighted by atomic mass is 9.82. The summed E-state index contributed by atoms with van der Waals surface area (Å²) in [6, 6.07) is 7.28. The topological polar surface area (TPSA) is 82.2 Å². The van der Waals surface area contributed by atoms with Gasteiger partial charge in [0, 0.05) is 29.2 Å². The zero-order chi connectivity index (χ0) is 15.5. The lowest BCUT2D eigenvalue weighted by Gasteiger charge is -2.26.